The van der Waals surface area contributed by atoms with Crippen molar-refractivity contribution in [2.45, 2.75) is 80.3 Å². The highest BCUT2D eigenvalue weighted by Gasteiger charge is 2.45. The van der Waals surface area contributed by atoms with Gasteiger partial charge in [0.1, 0.15) is 49.3 Å². The molecule has 2 aromatic rings. The first kappa shape index (κ1) is 35.8. The van der Waals surface area contributed by atoms with E-state index in [-0.39, 0.29) is 36.7 Å². The molecule has 2 aliphatic heterocycles. The Morgan fingerprint density at radius 2 is 1.65 bits per heavy atom. The quantitative estimate of drug-likeness (QED) is 0.126. The van der Waals surface area contributed by atoms with E-state index in [1.165, 1.54) is 20.3 Å². The number of benzene rings is 2. The van der Waals surface area contributed by atoms with Crippen LogP contribution in [-0.2, 0) is 20.7 Å². The molecule has 0 radical (unpaired) electrons. The van der Waals surface area contributed by atoms with Crippen molar-refractivity contribution in [1.82, 2.24) is 0 Å². The van der Waals surface area contributed by atoms with Gasteiger partial charge in [-0.05, 0) is 48.2 Å². The highest BCUT2D eigenvalue weighted by atomic mass is 16.7. The molecule has 10 atom stereocenters. The molecule has 1 saturated heterocycles. The molecule has 5 rings (SSSR count). The molecule has 1 fully saturated rings. The van der Waals surface area contributed by atoms with Gasteiger partial charge in [0.25, 0.3) is 0 Å². The minimum absolute atomic E-state index is 0.0154. The Kier molecular flexibility index (Phi) is 11.5. The molecule has 0 bridgehead atoms. The van der Waals surface area contributed by atoms with Gasteiger partial charge in [-0.1, -0.05) is 12.1 Å². The van der Waals surface area contributed by atoms with E-state index in [4.69, 9.17) is 28.4 Å². The van der Waals surface area contributed by atoms with Crippen LogP contribution in [0.25, 0.3) is 0 Å². The van der Waals surface area contributed by atoms with Crippen LogP contribution in [0, 0.1) is 0 Å². The summed E-state index contributed by atoms with van der Waals surface area (Å²) in [5.41, 5.74) is 2.11. The zero-order valence-corrected chi connectivity index (χ0v) is 26.4. The predicted octanol–water partition coefficient (Wildman–Crippen LogP) is -1.02. The summed E-state index contributed by atoms with van der Waals surface area (Å²) in [7, 11) is 2.88. The fourth-order valence-corrected chi connectivity index (χ4v) is 6.12. The van der Waals surface area contributed by atoms with Crippen LogP contribution in [-0.4, -0.2) is 130 Å². The Morgan fingerprint density at radius 3 is 2.31 bits per heavy atom. The molecule has 0 amide bonds. The minimum Gasteiger partial charge on any atom is -0.493 e. The molecule has 3 aliphatic rings. The van der Waals surface area contributed by atoms with E-state index in [1.807, 2.05) is 6.07 Å². The largest absolute Gasteiger partial charge is 0.493 e. The number of fused-ring (bicyclic) bond motifs is 1. The average molecular weight is 679 g/mol. The minimum atomic E-state index is -1.64. The van der Waals surface area contributed by atoms with E-state index in [0.29, 0.717) is 35.5 Å². The molecule has 0 spiro atoms. The molecule has 15 nitrogen and oxygen atoms in total. The zero-order valence-electron chi connectivity index (χ0n) is 26.4. The van der Waals surface area contributed by atoms with E-state index in [0.717, 1.165) is 11.6 Å². The topological polar surface area (TPSA) is 234 Å². The van der Waals surface area contributed by atoms with Crippen LogP contribution in [0.5, 0.6) is 23.0 Å². The van der Waals surface area contributed by atoms with Gasteiger partial charge in [-0.2, -0.15) is 0 Å². The van der Waals surface area contributed by atoms with Crippen molar-refractivity contribution in [3.63, 3.8) is 0 Å². The second-order valence-electron chi connectivity index (χ2n) is 12.0. The molecule has 10 unspecified atom stereocenters. The maximum atomic E-state index is 13.1. The van der Waals surface area contributed by atoms with Crippen LogP contribution in [0.1, 0.15) is 41.6 Å². The van der Waals surface area contributed by atoms with Crippen molar-refractivity contribution < 1.29 is 74.1 Å². The average Bonchev–Trinajstić information content (AvgIpc) is 3.46. The lowest BCUT2D eigenvalue weighted by atomic mass is 9.89. The first-order valence-electron chi connectivity index (χ1n) is 15.6. The Morgan fingerprint density at radius 1 is 0.896 bits per heavy atom. The lowest BCUT2D eigenvalue weighted by Crippen LogP contribution is -2.60. The maximum Gasteiger partial charge on any atom is 0.333 e. The summed E-state index contributed by atoms with van der Waals surface area (Å²) in [5, 5.41) is 79.7. The molecular formula is C33H42O15. The lowest BCUT2D eigenvalue weighted by Gasteiger charge is -2.39. The van der Waals surface area contributed by atoms with E-state index >= 15 is 0 Å². The van der Waals surface area contributed by atoms with Gasteiger partial charge in [0.15, 0.2) is 23.0 Å². The Labute approximate surface area is 276 Å². The summed E-state index contributed by atoms with van der Waals surface area (Å²) < 4.78 is 34.6. The molecule has 1 aliphatic carbocycles. The summed E-state index contributed by atoms with van der Waals surface area (Å²) in [4.78, 5) is 13.1. The summed E-state index contributed by atoms with van der Waals surface area (Å²) in [6.07, 6.45) is -10.4. The highest BCUT2D eigenvalue weighted by molar-refractivity contribution is 5.89. The number of methoxy groups -OCH3 is 2. The van der Waals surface area contributed by atoms with Crippen LogP contribution in [0.4, 0.5) is 0 Å². The number of hydrogen-bond donors (Lipinski definition) is 8. The monoisotopic (exact) mass is 678 g/mol. The predicted molar refractivity (Wildman–Crippen MR) is 164 cm³/mol. The summed E-state index contributed by atoms with van der Waals surface area (Å²) in [5.74, 6) is -0.234. The number of hydrogen-bond acceptors (Lipinski definition) is 15. The van der Waals surface area contributed by atoms with E-state index in [9.17, 15) is 45.6 Å². The van der Waals surface area contributed by atoms with Gasteiger partial charge < -0.3 is 69.3 Å². The standard InChI is InChI=1S/C33H42O15/c1-43-23-12-16(5-6-22(23)46-33-29(41)28(40)27(39)25(13-35)47-33)30-19(14-45-32(42)17-10-20(36)26(38)21(37)11-17)18-8-15(4-3-7-34)9-24(44-2)31(18)48-30/h5-6,8-10,12,19-21,25-30,33-41H,3-4,7,11,13-14H2,1-2H3. The number of aliphatic hydroxyl groups excluding tert-OH is 8. The van der Waals surface area contributed by atoms with Crippen LogP contribution in [0.3, 0.4) is 0 Å². The Bertz CT molecular complexity index is 1460. The van der Waals surface area contributed by atoms with Crippen molar-refractivity contribution in [2.24, 2.45) is 0 Å². The molecule has 48 heavy (non-hydrogen) atoms. The molecule has 2 heterocycles. The number of aliphatic hydroxyl groups is 8. The molecule has 264 valence electrons. The van der Waals surface area contributed by atoms with Crippen molar-refractivity contribution >= 4 is 5.97 Å². The van der Waals surface area contributed by atoms with Gasteiger partial charge in [-0.25, -0.2) is 4.79 Å². The maximum absolute atomic E-state index is 13.1. The molecule has 15 heteroatoms. The van der Waals surface area contributed by atoms with Crippen LogP contribution >= 0.6 is 0 Å². The lowest BCUT2D eigenvalue weighted by molar-refractivity contribution is -0.277. The number of carbonyl (C=O) groups is 1. The first-order valence-corrected chi connectivity index (χ1v) is 15.6. The molecular weight excluding hydrogens is 636 g/mol. The third kappa shape index (κ3) is 7.24. The fraction of sp³-hybridized carbons (Fsp3) is 0.545. The number of ether oxygens (including phenoxy) is 6. The number of rotatable bonds is 12. The molecule has 0 saturated carbocycles. The Hall–Kier alpha value is -3.51. The van der Waals surface area contributed by atoms with Crippen molar-refractivity contribution in [3.8, 4) is 23.0 Å². The second kappa shape index (κ2) is 15.4. The van der Waals surface area contributed by atoms with E-state index < -0.39 is 73.6 Å². The van der Waals surface area contributed by atoms with Crippen molar-refractivity contribution in [2.75, 3.05) is 34.0 Å². The Balaban J connectivity index is 1.44. The van der Waals surface area contributed by atoms with Gasteiger partial charge in [0, 0.05) is 24.2 Å². The van der Waals surface area contributed by atoms with Gasteiger partial charge >= 0.3 is 5.97 Å². The normalized spacial score (nSPS) is 31.3. The summed E-state index contributed by atoms with van der Waals surface area (Å²) >= 11 is 0. The number of esters is 1. The third-order valence-electron chi connectivity index (χ3n) is 8.81. The van der Waals surface area contributed by atoms with E-state index in [1.54, 1.807) is 18.2 Å². The van der Waals surface area contributed by atoms with Crippen molar-refractivity contribution in [3.05, 3.63) is 58.7 Å². The molecule has 8 N–H and O–H groups in total. The summed E-state index contributed by atoms with van der Waals surface area (Å²) in [6, 6.07) is 8.49. The summed E-state index contributed by atoms with van der Waals surface area (Å²) in [6.45, 7) is -0.836. The zero-order chi connectivity index (χ0) is 34.7. The molecule has 0 aromatic heterocycles. The SMILES string of the molecule is COc1cc(C2Oc3c(OC)cc(CCCO)cc3C2COC(=O)C2=CC(O)C(O)C(O)C2)ccc1OC1OC(CO)C(O)C(O)C1O. The van der Waals surface area contributed by atoms with Gasteiger partial charge in [0.05, 0.1) is 32.8 Å². The van der Waals surface area contributed by atoms with Gasteiger partial charge in [0.2, 0.25) is 6.29 Å². The van der Waals surface area contributed by atoms with Crippen molar-refractivity contribution in [1.29, 1.82) is 0 Å². The highest BCUT2D eigenvalue weighted by Crippen LogP contribution is 2.52. The third-order valence-corrected chi connectivity index (χ3v) is 8.81. The van der Waals surface area contributed by atoms with Crippen LogP contribution in [0.2, 0.25) is 0 Å². The van der Waals surface area contributed by atoms with Crippen LogP contribution in [0.15, 0.2) is 42.0 Å². The van der Waals surface area contributed by atoms with Gasteiger partial charge in [-0.3, -0.25) is 0 Å². The van der Waals surface area contributed by atoms with Gasteiger partial charge in [-0.15, -0.1) is 0 Å². The first-order chi connectivity index (χ1) is 23.0. The van der Waals surface area contributed by atoms with E-state index in [2.05, 4.69) is 0 Å². The smallest absolute Gasteiger partial charge is 0.333 e. The number of aryl methyl sites for hydroxylation is 1. The fourth-order valence-electron chi connectivity index (χ4n) is 6.12. The van der Waals surface area contributed by atoms with Crippen LogP contribution < -0.4 is 18.9 Å². The number of carbonyl (C=O) groups excluding carboxylic acids is 1. The second-order valence-corrected chi connectivity index (χ2v) is 12.0. The molecule has 2 aromatic carbocycles.